The van der Waals surface area contributed by atoms with Crippen LogP contribution in [-0.2, 0) is 4.79 Å². The fourth-order valence-corrected chi connectivity index (χ4v) is 2.43. The third-order valence-corrected chi connectivity index (χ3v) is 3.76. The highest BCUT2D eigenvalue weighted by molar-refractivity contribution is 5.97. The first kappa shape index (κ1) is 16.9. The topological polar surface area (TPSA) is 50.4 Å². The molecular weight excluding hydrogens is 288 g/mol. The van der Waals surface area contributed by atoms with E-state index in [2.05, 4.69) is 23.6 Å². The largest absolute Gasteiger partial charge is 0.495 e. The molecule has 0 aromatic heterocycles. The number of rotatable bonds is 5. The van der Waals surface area contributed by atoms with Gasteiger partial charge in [-0.05, 0) is 57.0 Å². The van der Waals surface area contributed by atoms with Crippen LogP contribution < -0.4 is 15.4 Å². The Morgan fingerprint density at radius 2 is 1.65 bits per heavy atom. The zero-order chi connectivity index (χ0) is 17.0. The summed E-state index contributed by atoms with van der Waals surface area (Å²) < 4.78 is 5.30. The first-order valence-electron chi connectivity index (χ1n) is 7.70. The monoisotopic (exact) mass is 312 g/mol. The molecule has 0 aliphatic heterocycles. The summed E-state index contributed by atoms with van der Waals surface area (Å²) in [5.41, 5.74) is 5.05. The van der Waals surface area contributed by atoms with Gasteiger partial charge in [0.1, 0.15) is 11.8 Å². The van der Waals surface area contributed by atoms with E-state index in [0.717, 1.165) is 16.8 Å². The first-order chi connectivity index (χ1) is 10.9. The van der Waals surface area contributed by atoms with Crippen LogP contribution in [0.5, 0.6) is 5.75 Å². The average Bonchev–Trinajstić information content (AvgIpc) is 2.50. The second-order valence-electron chi connectivity index (χ2n) is 5.88. The molecule has 0 saturated carbocycles. The van der Waals surface area contributed by atoms with E-state index in [1.807, 2.05) is 51.1 Å². The third-order valence-electron chi connectivity index (χ3n) is 3.76. The molecule has 0 radical (unpaired) electrons. The molecular formula is C19H24N2O2. The number of carbonyl (C=O) groups excluding carboxylic acids is 1. The lowest BCUT2D eigenvalue weighted by Crippen LogP contribution is -2.32. The van der Waals surface area contributed by atoms with E-state index in [4.69, 9.17) is 4.74 Å². The lowest BCUT2D eigenvalue weighted by molar-refractivity contribution is -0.116. The standard InChI is InChI=1S/C19H24N2O2/c1-12-6-8-16(14(3)10-12)20-15(4)19(22)21-17-11-13(2)7-9-18(17)23-5/h6-11,15,20H,1-5H3,(H,21,22)/t15-/m1/s1. The van der Waals surface area contributed by atoms with Gasteiger partial charge in [0.25, 0.3) is 0 Å². The average molecular weight is 312 g/mol. The summed E-state index contributed by atoms with van der Waals surface area (Å²) in [5, 5.41) is 6.18. The Labute approximate surface area is 137 Å². The van der Waals surface area contributed by atoms with Crippen molar-refractivity contribution in [3.63, 3.8) is 0 Å². The van der Waals surface area contributed by atoms with Crippen molar-refractivity contribution < 1.29 is 9.53 Å². The molecule has 4 nitrogen and oxygen atoms in total. The van der Waals surface area contributed by atoms with E-state index in [1.165, 1.54) is 5.56 Å². The van der Waals surface area contributed by atoms with Crippen molar-refractivity contribution in [3.8, 4) is 5.75 Å². The van der Waals surface area contributed by atoms with Crippen molar-refractivity contribution in [1.29, 1.82) is 0 Å². The molecule has 0 aliphatic rings. The number of anilines is 2. The Kier molecular flexibility index (Phi) is 5.27. The molecule has 0 saturated heterocycles. The predicted molar refractivity (Wildman–Crippen MR) is 95.4 cm³/mol. The van der Waals surface area contributed by atoms with Crippen LogP contribution in [-0.4, -0.2) is 19.1 Å². The third kappa shape index (κ3) is 4.25. The van der Waals surface area contributed by atoms with Gasteiger partial charge in [-0.15, -0.1) is 0 Å². The minimum atomic E-state index is -0.360. The van der Waals surface area contributed by atoms with Gasteiger partial charge in [0.2, 0.25) is 5.91 Å². The van der Waals surface area contributed by atoms with Gasteiger partial charge in [0.15, 0.2) is 0 Å². The fourth-order valence-electron chi connectivity index (χ4n) is 2.43. The molecule has 0 unspecified atom stereocenters. The molecule has 23 heavy (non-hydrogen) atoms. The molecule has 2 aromatic rings. The van der Waals surface area contributed by atoms with E-state index < -0.39 is 0 Å². The smallest absolute Gasteiger partial charge is 0.246 e. The molecule has 1 amide bonds. The molecule has 4 heteroatoms. The summed E-state index contributed by atoms with van der Waals surface area (Å²) in [6, 6.07) is 11.5. The molecule has 2 N–H and O–H groups in total. The molecule has 0 bridgehead atoms. The van der Waals surface area contributed by atoms with Crippen molar-refractivity contribution in [3.05, 3.63) is 53.1 Å². The molecule has 0 heterocycles. The van der Waals surface area contributed by atoms with E-state index in [0.29, 0.717) is 11.4 Å². The van der Waals surface area contributed by atoms with Gasteiger partial charge in [0.05, 0.1) is 12.8 Å². The summed E-state index contributed by atoms with van der Waals surface area (Å²) in [7, 11) is 1.59. The maximum absolute atomic E-state index is 12.4. The quantitative estimate of drug-likeness (QED) is 0.875. The van der Waals surface area contributed by atoms with Gasteiger partial charge in [0, 0.05) is 5.69 Å². The number of aryl methyl sites for hydroxylation is 3. The van der Waals surface area contributed by atoms with Gasteiger partial charge >= 0.3 is 0 Å². The zero-order valence-electron chi connectivity index (χ0n) is 14.4. The van der Waals surface area contributed by atoms with E-state index in [1.54, 1.807) is 7.11 Å². The Morgan fingerprint density at radius 3 is 2.30 bits per heavy atom. The van der Waals surface area contributed by atoms with Crippen LogP contribution in [0.2, 0.25) is 0 Å². The molecule has 2 aromatic carbocycles. The number of benzene rings is 2. The fraction of sp³-hybridized carbons (Fsp3) is 0.316. The Hall–Kier alpha value is -2.49. The summed E-state index contributed by atoms with van der Waals surface area (Å²) in [5.74, 6) is 0.552. The molecule has 122 valence electrons. The predicted octanol–water partition coefficient (Wildman–Crippen LogP) is 4.06. The van der Waals surface area contributed by atoms with E-state index >= 15 is 0 Å². The lowest BCUT2D eigenvalue weighted by atomic mass is 10.1. The number of hydrogen-bond donors (Lipinski definition) is 2. The van der Waals surface area contributed by atoms with Gasteiger partial charge < -0.3 is 15.4 Å². The van der Waals surface area contributed by atoms with Crippen LogP contribution >= 0.6 is 0 Å². The second kappa shape index (κ2) is 7.18. The van der Waals surface area contributed by atoms with Crippen molar-refractivity contribution >= 4 is 17.3 Å². The minimum Gasteiger partial charge on any atom is -0.495 e. The Balaban J connectivity index is 2.10. The first-order valence-corrected chi connectivity index (χ1v) is 7.70. The molecule has 0 aliphatic carbocycles. The van der Waals surface area contributed by atoms with Crippen LogP contribution in [0, 0.1) is 20.8 Å². The van der Waals surface area contributed by atoms with E-state index in [-0.39, 0.29) is 11.9 Å². The van der Waals surface area contributed by atoms with Crippen LogP contribution in [0.15, 0.2) is 36.4 Å². The summed E-state index contributed by atoms with van der Waals surface area (Å²) >= 11 is 0. The minimum absolute atomic E-state index is 0.103. The molecule has 0 spiro atoms. The molecule has 1 atom stereocenters. The Bertz CT molecular complexity index is 711. The highest BCUT2D eigenvalue weighted by Crippen LogP contribution is 2.25. The highest BCUT2D eigenvalue weighted by atomic mass is 16.5. The number of hydrogen-bond acceptors (Lipinski definition) is 3. The lowest BCUT2D eigenvalue weighted by Gasteiger charge is -2.18. The summed E-state index contributed by atoms with van der Waals surface area (Å²) in [4.78, 5) is 12.4. The van der Waals surface area contributed by atoms with Crippen LogP contribution in [0.3, 0.4) is 0 Å². The SMILES string of the molecule is COc1ccc(C)cc1NC(=O)[C@@H](C)Nc1ccc(C)cc1C. The second-order valence-corrected chi connectivity index (χ2v) is 5.88. The van der Waals surface area contributed by atoms with Crippen molar-refractivity contribution in [2.24, 2.45) is 0 Å². The van der Waals surface area contributed by atoms with Crippen LogP contribution in [0.4, 0.5) is 11.4 Å². The van der Waals surface area contributed by atoms with Crippen molar-refractivity contribution in [2.45, 2.75) is 33.7 Å². The van der Waals surface area contributed by atoms with E-state index in [9.17, 15) is 4.79 Å². The van der Waals surface area contributed by atoms with Crippen LogP contribution in [0.1, 0.15) is 23.6 Å². The maximum Gasteiger partial charge on any atom is 0.246 e. The van der Waals surface area contributed by atoms with Gasteiger partial charge in [-0.1, -0.05) is 23.8 Å². The number of methoxy groups -OCH3 is 1. The summed E-state index contributed by atoms with van der Waals surface area (Å²) in [6.45, 7) is 7.91. The summed E-state index contributed by atoms with van der Waals surface area (Å²) in [6.07, 6.45) is 0. The number of amides is 1. The highest BCUT2D eigenvalue weighted by Gasteiger charge is 2.15. The van der Waals surface area contributed by atoms with Gasteiger partial charge in [-0.2, -0.15) is 0 Å². The van der Waals surface area contributed by atoms with Gasteiger partial charge in [-0.3, -0.25) is 4.79 Å². The van der Waals surface area contributed by atoms with Crippen LogP contribution in [0.25, 0.3) is 0 Å². The molecule has 2 rings (SSSR count). The van der Waals surface area contributed by atoms with Crippen molar-refractivity contribution in [2.75, 3.05) is 17.7 Å². The number of nitrogens with one attached hydrogen (secondary N) is 2. The number of carbonyl (C=O) groups is 1. The normalized spacial score (nSPS) is 11.7. The molecule has 0 fully saturated rings. The zero-order valence-corrected chi connectivity index (χ0v) is 14.4. The Morgan fingerprint density at radius 1 is 1.00 bits per heavy atom. The van der Waals surface area contributed by atoms with Crippen molar-refractivity contribution in [1.82, 2.24) is 0 Å². The number of ether oxygens (including phenoxy) is 1. The van der Waals surface area contributed by atoms with Gasteiger partial charge in [-0.25, -0.2) is 0 Å². The maximum atomic E-state index is 12.4.